The van der Waals surface area contributed by atoms with Crippen LogP contribution in [0.15, 0.2) is 48.5 Å². The van der Waals surface area contributed by atoms with Crippen molar-refractivity contribution in [2.75, 3.05) is 14.2 Å². The van der Waals surface area contributed by atoms with Crippen molar-refractivity contribution in [1.29, 1.82) is 0 Å². The molecule has 1 radical (unpaired) electrons. The molecule has 0 saturated carbocycles. The van der Waals surface area contributed by atoms with E-state index in [2.05, 4.69) is 0 Å². The number of methoxy groups -OCH3 is 2. The first-order valence-electron chi connectivity index (χ1n) is 5.75. The van der Waals surface area contributed by atoms with Crippen molar-refractivity contribution in [3.63, 3.8) is 0 Å². The highest BCUT2D eigenvalue weighted by molar-refractivity contribution is 6.20. The Hall–Kier alpha value is -2.30. The second kappa shape index (κ2) is 6.59. The van der Waals surface area contributed by atoms with Crippen molar-refractivity contribution < 1.29 is 18.8 Å². The van der Waals surface area contributed by atoms with Gasteiger partial charge in [-0.2, -0.15) is 0 Å². The van der Waals surface area contributed by atoms with Crippen LogP contribution < -0.4 is 18.8 Å². The number of ether oxygens (including phenoxy) is 2. The van der Waals surface area contributed by atoms with Gasteiger partial charge in [-0.25, -0.2) is 0 Å². The first-order valence-corrected chi connectivity index (χ1v) is 5.75. The monoisotopic (exact) mass is 257 g/mol. The Kier molecular flexibility index (Phi) is 4.56. The summed E-state index contributed by atoms with van der Waals surface area (Å²) in [7, 11) is 4.48. The highest BCUT2D eigenvalue weighted by Gasteiger charge is 2.03. The summed E-state index contributed by atoms with van der Waals surface area (Å²) in [6, 6.07) is 14.5. The lowest BCUT2D eigenvalue weighted by atomic mass is 10.3. The van der Waals surface area contributed by atoms with E-state index >= 15 is 0 Å². The van der Waals surface area contributed by atoms with Crippen LogP contribution in [-0.4, -0.2) is 21.9 Å². The van der Waals surface area contributed by atoms with E-state index in [0.717, 1.165) is 11.5 Å². The molecule has 0 saturated heterocycles. The number of hydrogen-bond donors (Lipinski definition) is 0. The highest BCUT2D eigenvalue weighted by Crippen LogP contribution is 2.20. The molecule has 0 atom stereocenters. The summed E-state index contributed by atoms with van der Waals surface area (Å²) in [5.74, 6) is 2.74. The second-order valence-electron chi connectivity index (χ2n) is 3.69. The van der Waals surface area contributed by atoms with Crippen LogP contribution in [0, 0.1) is 0 Å². The fourth-order valence-electron chi connectivity index (χ4n) is 1.48. The molecule has 0 fully saturated rings. The van der Waals surface area contributed by atoms with Gasteiger partial charge in [-0.1, -0.05) is 12.1 Å². The van der Waals surface area contributed by atoms with Crippen LogP contribution in [0.4, 0.5) is 0 Å². The van der Waals surface area contributed by atoms with Crippen molar-refractivity contribution in [2.24, 2.45) is 0 Å². The Morgan fingerprint density at radius 2 is 1.11 bits per heavy atom. The topological polar surface area (TPSA) is 36.9 Å². The Morgan fingerprint density at radius 1 is 0.684 bits per heavy atom. The number of benzene rings is 2. The van der Waals surface area contributed by atoms with E-state index in [1.54, 1.807) is 26.4 Å². The van der Waals surface area contributed by atoms with E-state index in [0.29, 0.717) is 11.5 Å². The zero-order valence-electron chi connectivity index (χ0n) is 10.8. The predicted molar refractivity (Wildman–Crippen MR) is 73.0 cm³/mol. The first kappa shape index (κ1) is 13.1. The second-order valence-corrected chi connectivity index (χ2v) is 3.69. The molecule has 4 nitrogen and oxygen atoms in total. The van der Waals surface area contributed by atoms with Crippen LogP contribution in [0.2, 0.25) is 0 Å². The van der Waals surface area contributed by atoms with Crippen molar-refractivity contribution in [3.05, 3.63) is 48.5 Å². The lowest BCUT2D eigenvalue weighted by Crippen LogP contribution is -2.10. The molecule has 97 valence electrons. The number of rotatable bonds is 6. The summed E-state index contributed by atoms with van der Waals surface area (Å²) in [5, 5.41) is 0. The zero-order valence-corrected chi connectivity index (χ0v) is 10.8. The van der Waals surface area contributed by atoms with E-state index in [1.807, 2.05) is 36.4 Å². The van der Waals surface area contributed by atoms with Gasteiger partial charge in [0, 0.05) is 12.1 Å². The van der Waals surface area contributed by atoms with Crippen molar-refractivity contribution in [2.45, 2.75) is 0 Å². The zero-order chi connectivity index (χ0) is 13.5. The first-order chi connectivity index (χ1) is 9.31. The molecule has 0 aliphatic carbocycles. The Labute approximate surface area is 113 Å². The van der Waals surface area contributed by atoms with Crippen molar-refractivity contribution in [3.8, 4) is 23.0 Å². The highest BCUT2D eigenvalue weighted by atomic mass is 16.6. The van der Waals surface area contributed by atoms with Crippen LogP contribution in [0.5, 0.6) is 23.0 Å². The fraction of sp³-hybridized carbons (Fsp3) is 0.143. The molecule has 0 heterocycles. The van der Waals surface area contributed by atoms with Gasteiger partial charge >= 0.3 is 7.69 Å². The minimum absolute atomic E-state index is 0.641. The molecule has 0 aromatic heterocycles. The van der Waals surface area contributed by atoms with Crippen LogP contribution >= 0.6 is 0 Å². The Bertz CT molecular complexity index is 483. The lowest BCUT2D eigenvalue weighted by Gasteiger charge is -2.08. The van der Waals surface area contributed by atoms with E-state index in [-0.39, 0.29) is 0 Å². The van der Waals surface area contributed by atoms with E-state index < -0.39 is 0 Å². The molecule has 0 spiro atoms. The minimum atomic E-state index is 0.641. The molecule has 0 aliphatic heterocycles. The summed E-state index contributed by atoms with van der Waals surface area (Å²) in [6.07, 6.45) is 0. The van der Waals surface area contributed by atoms with Crippen molar-refractivity contribution >= 4 is 7.69 Å². The Morgan fingerprint density at radius 3 is 1.53 bits per heavy atom. The largest absolute Gasteiger partial charge is 0.658 e. The molecule has 2 aromatic carbocycles. The maximum absolute atomic E-state index is 5.36. The van der Waals surface area contributed by atoms with Gasteiger partial charge in [0.15, 0.2) is 0 Å². The fourth-order valence-corrected chi connectivity index (χ4v) is 1.48. The van der Waals surface area contributed by atoms with Gasteiger partial charge in [-0.15, -0.1) is 0 Å². The average Bonchev–Trinajstić information content (AvgIpc) is 2.48. The third-order valence-electron chi connectivity index (χ3n) is 2.45. The molecule has 19 heavy (non-hydrogen) atoms. The summed E-state index contributed by atoms with van der Waals surface area (Å²) in [5.41, 5.74) is 0. The van der Waals surface area contributed by atoms with Crippen LogP contribution in [0.3, 0.4) is 0 Å². The number of hydrogen-bond acceptors (Lipinski definition) is 4. The maximum Gasteiger partial charge on any atom is 0.658 e. The molecule has 0 bridgehead atoms. The third kappa shape index (κ3) is 3.84. The summed E-state index contributed by atoms with van der Waals surface area (Å²) in [4.78, 5) is 0. The summed E-state index contributed by atoms with van der Waals surface area (Å²) in [6.45, 7) is 0. The molecule has 0 unspecified atom stereocenters. The van der Waals surface area contributed by atoms with Gasteiger partial charge in [0.2, 0.25) is 0 Å². The smallest absolute Gasteiger partial charge is 0.526 e. The van der Waals surface area contributed by atoms with Crippen LogP contribution in [0.25, 0.3) is 0 Å². The van der Waals surface area contributed by atoms with E-state index in [4.69, 9.17) is 18.8 Å². The van der Waals surface area contributed by atoms with Gasteiger partial charge in [0.1, 0.15) is 23.0 Å². The van der Waals surface area contributed by atoms with Crippen LogP contribution in [-0.2, 0) is 0 Å². The van der Waals surface area contributed by atoms with Gasteiger partial charge in [0.25, 0.3) is 0 Å². The molecular weight excluding hydrogens is 243 g/mol. The predicted octanol–water partition coefficient (Wildman–Crippen LogP) is 2.70. The normalized spacial score (nSPS) is 9.58. The van der Waals surface area contributed by atoms with Gasteiger partial charge in [-0.05, 0) is 24.3 Å². The Balaban J connectivity index is 1.88. The van der Waals surface area contributed by atoms with E-state index in [9.17, 15) is 0 Å². The third-order valence-corrected chi connectivity index (χ3v) is 2.45. The molecular formula is C14H14BO4. The van der Waals surface area contributed by atoms with Gasteiger partial charge < -0.3 is 18.8 Å². The lowest BCUT2D eigenvalue weighted by molar-refractivity contribution is 0.406. The average molecular weight is 257 g/mol. The summed E-state index contributed by atoms with van der Waals surface area (Å²) < 4.78 is 20.9. The van der Waals surface area contributed by atoms with Gasteiger partial charge in [-0.3, -0.25) is 0 Å². The SMILES string of the molecule is COc1cccc(O[B]Oc2cccc(OC)c2)c1. The quantitative estimate of drug-likeness (QED) is 0.745. The van der Waals surface area contributed by atoms with Gasteiger partial charge in [0.05, 0.1) is 14.2 Å². The minimum Gasteiger partial charge on any atom is -0.526 e. The van der Waals surface area contributed by atoms with E-state index in [1.165, 1.54) is 7.69 Å². The molecule has 5 heteroatoms. The molecule has 0 amide bonds. The summed E-state index contributed by atoms with van der Waals surface area (Å²) >= 11 is 0. The maximum atomic E-state index is 5.36. The molecule has 2 rings (SSSR count). The molecule has 0 aliphatic rings. The standard InChI is InChI=1S/C14H14BO4/c1-16-11-5-3-7-13(9-11)18-15-19-14-8-4-6-12(10-14)17-2/h3-10H,1-2H3. The van der Waals surface area contributed by atoms with Crippen molar-refractivity contribution in [1.82, 2.24) is 0 Å². The van der Waals surface area contributed by atoms with Crippen LogP contribution in [0.1, 0.15) is 0 Å². The molecule has 2 aromatic rings. The molecule has 0 N–H and O–H groups in total.